The Kier molecular flexibility index (Phi) is 3.44. The van der Waals surface area contributed by atoms with E-state index in [1.807, 2.05) is 18.2 Å². The molecular weight excluding hydrogens is 109 g/mol. The van der Waals surface area contributed by atoms with Crippen LogP contribution in [0, 0.1) is 0 Å². The summed E-state index contributed by atoms with van der Waals surface area (Å²) >= 11 is 0. The van der Waals surface area contributed by atoms with Crippen LogP contribution in [0.3, 0.4) is 0 Å². The van der Waals surface area contributed by atoms with E-state index in [0.29, 0.717) is 0 Å². The van der Waals surface area contributed by atoms with Gasteiger partial charge >= 0.3 is 0 Å². The molecule has 0 fully saturated rings. The van der Waals surface area contributed by atoms with Crippen molar-refractivity contribution in [3.05, 3.63) is 36.7 Å². The maximum Gasteiger partial charge on any atom is 0.0814 e. The Morgan fingerprint density at radius 1 is 1.44 bits per heavy atom. The first-order valence-corrected chi connectivity index (χ1v) is 2.47. The molecule has 1 aromatic rings. The number of hydrogen-bond donors (Lipinski definition) is 0. The highest BCUT2D eigenvalue weighted by molar-refractivity contribution is 5.75. The summed E-state index contributed by atoms with van der Waals surface area (Å²) < 4.78 is 0. The minimum Gasteiger partial charge on any atom is -0.257 e. The summed E-state index contributed by atoms with van der Waals surface area (Å²) in [4.78, 5) is 3.98. The van der Waals surface area contributed by atoms with Gasteiger partial charge in [-0.3, -0.25) is 4.98 Å². The summed E-state index contributed by atoms with van der Waals surface area (Å²) in [6.45, 7) is 3.57. The first-order chi connectivity index (χ1) is 3.93. The Balaban J connectivity index is 0.000000640. The zero-order valence-electron chi connectivity index (χ0n) is 4.54. The first kappa shape index (κ1) is 7.95. The molecule has 0 radical (unpaired) electrons. The molecule has 1 heterocycles. The Labute approximate surface area is 57.0 Å². The maximum atomic E-state index is 3.98. The second kappa shape index (κ2) is 3.90. The Bertz CT molecular complexity index is 172. The van der Waals surface area contributed by atoms with Gasteiger partial charge in [0.2, 0.25) is 0 Å². The van der Waals surface area contributed by atoms with E-state index in [1.165, 1.54) is 0 Å². The molecule has 0 aliphatic heterocycles. The zero-order chi connectivity index (χ0) is 5.82. The van der Waals surface area contributed by atoms with Crippen molar-refractivity contribution in [1.29, 1.82) is 0 Å². The average molecular weight is 119 g/mol. The molecule has 1 aromatic heterocycles. The van der Waals surface area contributed by atoms with Gasteiger partial charge in [0.05, 0.1) is 14.1 Å². The van der Waals surface area contributed by atoms with Crippen LogP contribution in [0.1, 0.15) is 5.69 Å². The zero-order valence-corrected chi connectivity index (χ0v) is 4.54. The monoisotopic (exact) mass is 119 g/mol. The lowest BCUT2D eigenvalue weighted by atomic mass is 10.4. The predicted molar refractivity (Wildman–Crippen MR) is 44.3 cm³/mol. The van der Waals surface area contributed by atoms with Crippen molar-refractivity contribution in [3.63, 3.8) is 0 Å². The predicted octanol–water partition coefficient (Wildman–Crippen LogP) is 0.541. The van der Waals surface area contributed by atoms with Crippen LogP contribution >= 0.6 is 0 Å². The second-order valence-electron chi connectivity index (χ2n) is 1.46. The third kappa shape index (κ3) is 2.13. The molecule has 2 heteroatoms. The number of nitrogens with zero attached hydrogens (tertiary/aromatic N) is 1. The summed E-state index contributed by atoms with van der Waals surface area (Å²) in [5.74, 6) is 0. The minimum atomic E-state index is 0. The largest absolute Gasteiger partial charge is 0.257 e. The lowest BCUT2D eigenvalue weighted by Gasteiger charge is -1.84. The van der Waals surface area contributed by atoms with Gasteiger partial charge in [0.25, 0.3) is 0 Å². The van der Waals surface area contributed by atoms with E-state index >= 15 is 0 Å². The summed E-state index contributed by atoms with van der Waals surface area (Å²) in [5.41, 5.74) is 0.924. The molecule has 9 heavy (non-hydrogen) atoms. The number of pyridine rings is 1. The number of hydrogen-bond acceptors (Lipinski definition) is 1. The van der Waals surface area contributed by atoms with E-state index in [0.717, 1.165) is 5.69 Å². The normalized spacial score (nSPS) is 7.56. The molecule has 0 amide bonds. The SMILES string of the molecule is B.C=Cc1ccccn1. The Morgan fingerprint density at radius 2 is 2.22 bits per heavy atom. The molecule has 0 N–H and O–H groups in total. The van der Waals surface area contributed by atoms with Gasteiger partial charge in [-0.2, -0.15) is 0 Å². The van der Waals surface area contributed by atoms with E-state index in [-0.39, 0.29) is 8.41 Å². The molecule has 0 bridgehead atoms. The molecule has 1 rings (SSSR count). The van der Waals surface area contributed by atoms with Crippen LogP contribution in [0.15, 0.2) is 31.0 Å². The third-order valence-electron chi connectivity index (χ3n) is 0.897. The van der Waals surface area contributed by atoms with Crippen molar-refractivity contribution in [2.75, 3.05) is 0 Å². The van der Waals surface area contributed by atoms with Gasteiger partial charge in [0.1, 0.15) is 0 Å². The van der Waals surface area contributed by atoms with E-state index in [9.17, 15) is 0 Å². The van der Waals surface area contributed by atoms with Crippen LogP contribution in [-0.2, 0) is 0 Å². The van der Waals surface area contributed by atoms with Gasteiger partial charge in [0, 0.05) is 6.20 Å². The summed E-state index contributed by atoms with van der Waals surface area (Å²) in [7, 11) is 0. The van der Waals surface area contributed by atoms with Gasteiger partial charge in [-0.05, 0) is 18.2 Å². The molecule has 46 valence electrons. The molecule has 0 atom stereocenters. The third-order valence-corrected chi connectivity index (χ3v) is 0.897. The fourth-order valence-electron chi connectivity index (χ4n) is 0.497. The van der Waals surface area contributed by atoms with Gasteiger partial charge in [0.15, 0.2) is 0 Å². The van der Waals surface area contributed by atoms with Crippen LogP contribution < -0.4 is 0 Å². The van der Waals surface area contributed by atoms with Gasteiger partial charge < -0.3 is 0 Å². The summed E-state index contributed by atoms with van der Waals surface area (Å²) in [6, 6.07) is 5.73. The molecule has 0 aromatic carbocycles. The first-order valence-electron chi connectivity index (χ1n) is 2.47. The van der Waals surface area contributed by atoms with Crippen LogP contribution in [-0.4, -0.2) is 13.4 Å². The van der Waals surface area contributed by atoms with Crippen LogP contribution in [0.4, 0.5) is 0 Å². The Hall–Kier alpha value is -1.05. The highest BCUT2D eigenvalue weighted by Crippen LogP contribution is 1.91. The van der Waals surface area contributed by atoms with Crippen molar-refractivity contribution >= 4 is 14.5 Å². The van der Waals surface area contributed by atoms with E-state index in [4.69, 9.17) is 0 Å². The Morgan fingerprint density at radius 3 is 2.56 bits per heavy atom. The van der Waals surface area contributed by atoms with Gasteiger partial charge in [-0.15, -0.1) is 0 Å². The van der Waals surface area contributed by atoms with E-state index < -0.39 is 0 Å². The molecular formula is C7H10BN. The lowest BCUT2D eigenvalue weighted by Crippen LogP contribution is -1.73. The highest BCUT2D eigenvalue weighted by atomic mass is 14.6. The van der Waals surface area contributed by atoms with Gasteiger partial charge in [-0.1, -0.05) is 12.6 Å². The van der Waals surface area contributed by atoms with Crippen molar-refractivity contribution in [2.45, 2.75) is 0 Å². The van der Waals surface area contributed by atoms with Crippen LogP contribution in [0.25, 0.3) is 6.08 Å². The fourth-order valence-corrected chi connectivity index (χ4v) is 0.497. The molecule has 0 unspecified atom stereocenters. The smallest absolute Gasteiger partial charge is 0.0814 e. The molecule has 0 saturated carbocycles. The summed E-state index contributed by atoms with van der Waals surface area (Å²) in [5, 5.41) is 0. The van der Waals surface area contributed by atoms with Crippen molar-refractivity contribution in [1.82, 2.24) is 4.98 Å². The van der Waals surface area contributed by atoms with Crippen molar-refractivity contribution < 1.29 is 0 Å². The van der Waals surface area contributed by atoms with Gasteiger partial charge in [-0.25, -0.2) is 0 Å². The lowest BCUT2D eigenvalue weighted by molar-refractivity contribution is 1.30. The van der Waals surface area contributed by atoms with E-state index in [2.05, 4.69) is 11.6 Å². The maximum absolute atomic E-state index is 3.98. The van der Waals surface area contributed by atoms with Crippen LogP contribution in [0.2, 0.25) is 0 Å². The molecule has 1 nitrogen and oxygen atoms in total. The standard InChI is InChI=1S/C7H7N.BH3/c1-2-7-5-3-4-6-8-7;/h2-6H,1H2;1H3. The minimum absolute atomic E-state index is 0. The van der Waals surface area contributed by atoms with Crippen LogP contribution in [0.5, 0.6) is 0 Å². The van der Waals surface area contributed by atoms with Crippen molar-refractivity contribution in [3.8, 4) is 0 Å². The van der Waals surface area contributed by atoms with Crippen molar-refractivity contribution in [2.24, 2.45) is 0 Å². The topological polar surface area (TPSA) is 12.9 Å². The number of rotatable bonds is 1. The molecule has 0 aliphatic carbocycles. The molecule has 0 saturated heterocycles. The fraction of sp³-hybridized carbons (Fsp3) is 0. The molecule has 0 aliphatic rings. The average Bonchev–Trinajstić information content (AvgIpc) is 1.90. The van der Waals surface area contributed by atoms with E-state index in [1.54, 1.807) is 12.3 Å². The quantitative estimate of drug-likeness (QED) is 0.491. The highest BCUT2D eigenvalue weighted by Gasteiger charge is 1.77. The number of aromatic nitrogens is 1. The summed E-state index contributed by atoms with van der Waals surface area (Å²) in [6.07, 6.45) is 3.47. The molecule has 0 spiro atoms. The second-order valence-corrected chi connectivity index (χ2v) is 1.46.